The molecule has 1 heterocycles. The number of ketones is 1. The molecule has 150 valence electrons. The van der Waals surface area contributed by atoms with Gasteiger partial charge in [-0.2, -0.15) is 5.10 Å². The average Bonchev–Trinajstić information content (AvgIpc) is 3.18. The second-order valence-corrected chi connectivity index (χ2v) is 7.11. The van der Waals surface area contributed by atoms with E-state index in [2.05, 4.69) is 15.5 Å². The molecule has 1 atom stereocenters. The van der Waals surface area contributed by atoms with Crippen LogP contribution in [0, 0.1) is 10.1 Å². The van der Waals surface area contributed by atoms with Gasteiger partial charge in [-0.15, -0.1) is 0 Å². The van der Waals surface area contributed by atoms with E-state index in [4.69, 9.17) is 0 Å². The summed E-state index contributed by atoms with van der Waals surface area (Å²) in [7, 11) is 0. The zero-order chi connectivity index (χ0) is 21.3. The minimum Gasteiger partial charge on any atom is -0.322 e. The topological polar surface area (TPSA) is 118 Å². The Balaban J connectivity index is 1.70. The quantitative estimate of drug-likeness (QED) is 0.493. The Labute approximate surface area is 171 Å². The Morgan fingerprint density at radius 3 is 2.73 bits per heavy atom. The van der Waals surface area contributed by atoms with Gasteiger partial charge in [0.1, 0.15) is 5.78 Å². The number of hydrogen-bond donors (Lipinski definition) is 2. The Hall–Kier alpha value is -4.07. The number of nitrogens with one attached hydrogen (secondary N) is 2. The molecule has 0 saturated heterocycles. The van der Waals surface area contributed by atoms with Gasteiger partial charge >= 0.3 is 0 Å². The smallest absolute Gasteiger partial charge is 0.270 e. The van der Waals surface area contributed by atoms with Crippen LogP contribution in [0.4, 0.5) is 11.4 Å². The van der Waals surface area contributed by atoms with Gasteiger partial charge in [0.2, 0.25) is 0 Å². The van der Waals surface area contributed by atoms with Crippen LogP contribution in [0.15, 0.2) is 66.8 Å². The standard InChI is InChI=1S/C22H18N4O4/c1-14(27)22(10-3-2-4-11-22)20-18-13-16(8-9-19(18)24-25-20)23-21(28)15-6-5-7-17(12-15)26(29)30/h2-10,12-13H,11H2,1H3,(H,23,28)(H,24,25). The maximum atomic E-state index is 12.6. The summed E-state index contributed by atoms with van der Waals surface area (Å²) in [6, 6.07) is 10.7. The molecule has 8 nitrogen and oxygen atoms in total. The molecule has 0 aliphatic heterocycles. The Morgan fingerprint density at radius 1 is 1.20 bits per heavy atom. The van der Waals surface area contributed by atoms with E-state index in [1.807, 2.05) is 24.3 Å². The maximum Gasteiger partial charge on any atom is 0.270 e. The molecule has 1 aliphatic rings. The Bertz CT molecular complexity index is 1240. The van der Waals surface area contributed by atoms with Crippen molar-refractivity contribution >= 4 is 34.0 Å². The first kappa shape index (κ1) is 19.3. The number of Topliss-reactive ketones (excluding diaryl/α,β-unsaturated/α-hetero) is 1. The third-order valence-corrected chi connectivity index (χ3v) is 5.27. The molecule has 1 unspecified atom stereocenters. The summed E-state index contributed by atoms with van der Waals surface area (Å²) < 4.78 is 0. The zero-order valence-electron chi connectivity index (χ0n) is 16.1. The molecule has 1 aromatic heterocycles. The molecular formula is C22H18N4O4. The molecule has 1 aliphatic carbocycles. The fourth-order valence-electron chi connectivity index (χ4n) is 3.63. The average molecular weight is 402 g/mol. The van der Waals surface area contributed by atoms with Crippen LogP contribution in [0.5, 0.6) is 0 Å². The molecule has 0 spiro atoms. The molecule has 3 aromatic rings. The fraction of sp³-hybridized carbons (Fsp3) is 0.136. The number of aromatic amines is 1. The number of amides is 1. The lowest BCUT2D eigenvalue weighted by Crippen LogP contribution is -2.33. The SMILES string of the molecule is CC(=O)C1(c2[nH]nc3ccc(NC(=O)c4cccc([N+](=O)[O-])c4)cc23)C=CC=CC1. The highest BCUT2D eigenvalue weighted by Crippen LogP contribution is 2.37. The van der Waals surface area contributed by atoms with Gasteiger partial charge in [0, 0.05) is 28.8 Å². The number of fused-ring (bicyclic) bond motifs is 1. The van der Waals surface area contributed by atoms with Gasteiger partial charge in [-0.25, -0.2) is 0 Å². The maximum absolute atomic E-state index is 12.6. The molecule has 0 saturated carbocycles. The highest BCUT2D eigenvalue weighted by molar-refractivity contribution is 6.06. The highest BCUT2D eigenvalue weighted by atomic mass is 16.6. The van der Waals surface area contributed by atoms with Crippen molar-refractivity contribution in [3.63, 3.8) is 0 Å². The molecule has 2 N–H and O–H groups in total. The fourth-order valence-corrected chi connectivity index (χ4v) is 3.63. The van der Waals surface area contributed by atoms with Crippen LogP contribution in [0.3, 0.4) is 0 Å². The van der Waals surface area contributed by atoms with E-state index in [1.54, 1.807) is 25.1 Å². The number of carbonyl (C=O) groups excluding carboxylic acids is 2. The number of nitro groups is 1. The van der Waals surface area contributed by atoms with Gasteiger partial charge in [-0.1, -0.05) is 30.4 Å². The second-order valence-electron chi connectivity index (χ2n) is 7.11. The number of aromatic nitrogens is 2. The van der Waals surface area contributed by atoms with Crippen molar-refractivity contribution in [1.82, 2.24) is 10.2 Å². The normalized spacial score (nSPS) is 17.8. The highest BCUT2D eigenvalue weighted by Gasteiger charge is 2.37. The number of benzene rings is 2. The first-order chi connectivity index (χ1) is 14.4. The Morgan fingerprint density at radius 2 is 2.03 bits per heavy atom. The molecule has 1 amide bonds. The number of non-ortho nitro benzene ring substituents is 1. The lowest BCUT2D eigenvalue weighted by Gasteiger charge is -2.27. The number of hydrogen-bond acceptors (Lipinski definition) is 5. The van der Waals surface area contributed by atoms with Crippen LogP contribution in [-0.2, 0) is 10.2 Å². The number of nitro benzene ring substituents is 1. The number of rotatable bonds is 5. The van der Waals surface area contributed by atoms with Crippen molar-refractivity contribution in [3.8, 4) is 0 Å². The van der Waals surface area contributed by atoms with E-state index in [9.17, 15) is 19.7 Å². The van der Waals surface area contributed by atoms with Crippen molar-refractivity contribution in [2.75, 3.05) is 5.32 Å². The predicted octanol–water partition coefficient (Wildman–Crippen LogP) is 4.07. The van der Waals surface area contributed by atoms with E-state index < -0.39 is 16.2 Å². The minimum absolute atomic E-state index is 0.0142. The largest absolute Gasteiger partial charge is 0.322 e. The second kappa shape index (κ2) is 7.40. The van der Waals surface area contributed by atoms with E-state index in [0.717, 1.165) is 5.39 Å². The third kappa shape index (κ3) is 3.28. The van der Waals surface area contributed by atoms with Crippen LogP contribution in [0.25, 0.3) is 10.9 Å². The van der Waals surface area contributed by atoms with E-state index in [0.29, 0.717) is 23.3 Å². The third-order valence-electron chi connectivity index (χ3n) is 5.27. The monoisotopic (exact) mass is 402 g/mol. The van der Waals surface area contributed by atoms with Crippen molar-refractivity contribution < 1.29 is 14.5 Å². The van der Waals surface area contributed by atoms with Crippen LogP contribution < -0.4 is 5.32 Å². The number of H-pyrrole nitrogens is 1. The van der Waals surface area contributed by atoms with Gasteiger partial charge in [-0.05, 0) is 37.6 Å². The summed E-state index contributed by atoms with van der Waals surface area (Å²) in [4.78, 5) is 35.5. The Kier molecular flexibility index (Phi) is 4.75. The number of anilines is 1. The summed E-state index contributed by atoms with van der Waals surface area (Å²) in [5, 5.41) is 21.7. The van der Waals surface area contributed by atoms with Gasteiger partial charge in [0.25, 0.3) is 11.6 Å². The first-order valence-corrected chi connectivity index (χ1v) is 9.30. The number of allylic oxidation sites excluding steroid dienone is 4. The minimum atomic E-state index is -0.841. The summed E-state index contributed by atoms with van der Waals surface area (Å²) in [5.41, 5.74) is 1.01. The van der Waals surface area contributed by atoms with Crippen molar-refractivity contribution in [3.05, 3.63) is 88.1 Å². The summed E-state index contributed by atoms with van der Waals surface area (Å²) in [6.45, 7) is 1.55. The van der Waals surface area contributed by atoms with E-state index in [-0.39, 0.29) is 17.0 Å². The summed E-state index contributed by atoms with van der Waals surface area (Å²) in [6.07, 6.45) is 8.04. The lowest BCUT2D eigenvalue weighted by atomic mass is 9.74. The lowest BCUT2D eigenvalue weighted by molar-refractivity contribution is -0.384. The van der Waals surface area contributed by atoms with Crippen LogP contribution >= 0.6 is 0 Å². The van der Waals surface area contributed by atoms with Gasteiger partial charge in [0.05, 0.1) is 21.5 Å². The van der Waals surface area contributed by atoms with E-state index >= 15 is 0 Å². The molecule has 0 bridgehead atoms. The molecule has 8 heteroatoms. The number of carbonyl (C=O) groups is 2. The summed E-state index contributed by atoms with van der Waals surface area (Å²) >= 11 is 0. The van der Waals surface area contributed by atoms with E-state index in [1.165, 1.54) is 24.3 Å². The van der Waals surface area contributed by atoms with Crippen LogP contribution in [0.1, 0.15) is 29.4 Å². The molecule has 0 radical (unpaired) electrons. The van der Waals surface area contributed by atoms with Gasteiger partial charge < -0.3 is 5.32 Å². The molecule has 4 rings (SSSR count). The van der Waals surface area contributed by atoms with Crippen molar-refractivity contribution in [1.29, 1.82) is 0 Å². The van der Waals surface area contributed by atoms with Crippen LogP contribution in [0.2, 0.25) is 0 Å². The predicted molar refractivity (Wildman–Crippen MR) is 112 cm³/mol. The van der Waals surface area contributed by atoms with Crippen molar-refractivity contribution in [2.45, 2.75) is 18.8 Å². The first-order valence-electron chi connectivity index (χ1n) is 9.30. The van der Waals surface area contributed by atoms with Crippen LogP contribution in [-0.4, -0.2) is 26.8 Å². The molecule has 30 heavy (non-hydrogen) atoms. The zero-order valence-corrected chi connectivity index (χ0v) is 16.1. The number of nitrogens with zero attached hydrogens (tertiary/aromatic N) is 2. The van der Waals surface area contributed by atoms with Gasteiger partial charge in [0.15, 0.2) is 0 Å². The molecular weight excluding hydrogens is 384 g/mol. The summed E-state index contributed by atoms with van der Waals surface area (Å²) in [5.74, 6) is -0.482. The molecule has 0 fully saturated rings. The molecule has 2 aromatic carbocycles. The van der Waals surface area contributed by atoms with Gasteiger partial charge in [-0.3, -0.25) is 24.8 Å². The van der Waals surface area contributed by atoms with Crippen molar-refractivity contribution in [2.24, 2.45) is 0 Å².